The van der Waals surface area contributed by atoms with Gasteiger partial charge in [0.15, 0.2) is 0 Å². The summed E-state index contributed by atoms with van der Waals surface area (Å²) in [7, 11) is 0. The number of hydrogen-bond donors (Lipinski definition) is 2. The molecule has 1 fully saturated rings. The van der Waals surface area contributed by atoms with Crippen LogP contribution in [0.4, 0.5) is 5.69 Å². The summed E-state index contributed by atoms with van der Waals surface area (Å²) in [5.74, 6) is 0.264. The first-order valence-corrected chi connectivity index (χ1v) is 7.13. The number of morpholine rings is 1. The number of aromatic hydroxyl groups is 1. The Kier molecular flexibility index (Phi) is 3.73. The van der Waals surface area contributed by atoms with Crippen molar-refractivity contribution in [2.75, 3.05) is 18.0 Å². The first kappa shape index (κ1) is 15.1. The lowest BCUT2D eigenvalue weighted by Crippen LogP contribution is -2.57. The van der Waals surface area contributed by atoms with E-state index in [0.717, 1.165) is 24.3 Å². The van der Waals surface area contributed by atoms with Crippen molar-refractivity contribution in [3.05, 3.63) is 23.8 Å². The molecule has 1 aliphatic heterocycles. The van der Waals surface area contributed by atoms with Crippen molar-refractivity contribution in [3.63, 3.8) is 0 Å². The van der Waals surface area contributed by atoms with E-state index in [-0.39, 0.29) is 23.0 Å². The standard InChI is InChI=1S/C16H26N2O2/c1-11(17)13-7-6-12(8-14(13)19)18-9-15(2,3)20-16(4,5)10-18/h6-8,11,19H,9-10,17H2,1-5H3. The number of nitrogens with two attached hydrogens (primary N) is 1. The lowest BCUT2D eigenvalue weighted by Gasteiger charge is -2.48. The molecule has 0 radical (unpaired) electrons. The molecule has 0 bridgehead atoms. The van der Waals surface area contributed by atoms with E-state index in [4.69, 9.17) is 10.5 Å². The van der Waals surface area contributed by atoms with Crippen LogP contribution in [0.25, 0.3) is 0 Å². The normalized spacial score (nSPS) is 22.6. The van der Waals surface area contributed by atoms with Crippen LogP contribution in [-0.4, -0.2) is 29.4 Å². The van der Waals surface area contributed by atoms with Crippen molar-refractivity contribution >= 4 is 5.69 Å². The average Bonchev–Trinajstić information content (AvgIpc) is 2.23. The van der Waals surface area contributed by atoms with Crippen LogP contribution in [0.15, 0.2) is 18.2 Å². The molecule has 3 N–H and O–H groups in total. The second-order valence-electron chi connectivity index (χ2n) is 7.01. The second kappa shape index (κ2) is 4.93. The minimum absolute atomic E-state index is 0.165. The van der Waals surface area contributed by atoms with Gasteiger partial charge in [-0.05, 0) is 40.7 Å². The summed E-state index contributed by atoms with van der Waals surface area (Å²) in [5.41, 5.74) is 7.20. The van der Waals surface area contributed by atoms with Gasteiger partial charge in [-0.15, -0.1) is 0 Å². The van der Waals surface area contributed by atoms with Crippen LogP contribution >= 0.6 is 0 Å². The summed E-state index contributed by atoms with van der Waals surface area (Å²) in [4.78, 5) is 2.26. The highest BCUT2D eigenvalue weighted by molar-refractivity contribution is 5.54. The minimum Gasteiger partial charge on any atom is -0.508 e. The molecule has 2 rings (SSSR count). The second-order valence-corrected chi connectivity index (χ2v) is 7.01. The fraction of sp³-hybridized carbons (Fsp3) is 0.625. The summed E-state index contributed by atoms with van der Waals surface area (Å²) >= 11 is 0. The Balaban J connectivity index is 2.29. The Hall–Kier alpha value is -1.26. The zero-order valence-electron chi connectivity index (χ0n) is 13.1. The molecule has 0 saturated carbocycles. The van der Waals surface area contributed by atoms with Gasteiger partial charge in [0, 0.05) is 36.4 Å². The topological polar surface area (TPSA) is 58.7 Å². The molecule has 1 aliphatic rings. The van der Waals surface area contributed by atoms with E-state index in [0.29, 0.717) is 0 Å². The Morgan fingerprint density at radius 2 is 1.75 bits per heavy atom. The van der Waals surface area contributed by atoms with Gasteiger partial charge < -0.3 is 20.5 Å². The molecular weight excluding hydrogens is 252 g/mol. The van der Waals surface area contributed by atoms with Crippen LogP contribution in [0, 0.1) is 0 Å². The zero-order chi connectivity index (χ0) is 15.1. The lowest BCUT2D eigenvalue weighted by molar-refractivity contribution is -0.133. The van der Waals surface area contributed by atoms with E-state index in [1.165, 1.54) is 0 Å². The number of anilines is 1. The van der Waals surface area contributed by atoms with Crippen LogP contribution < -0.4 is 10.6 Å². The fourth-order valence-corrected chi connectivity index (χ4v) is 3.08. The van der Waals surface area contributed by atoms with Crippen molar-refractivity contribution in [2.45, 2.75) is 51.9 Å². The van der Waals surface area contributed by atoms with E-state index in [1.807, 2.05) is 19.1 Å². The van der Waals surface area contributed by atoms with Crippen LogP contribution in [0.2, 0.25) is 0 Å². The molecule has 1 saturated heterocycles. The molecule has 4 heteroatoms. The van der Waals surface area contributed by atoms with Crippen LogP contribution in [0.5, 0.6) is 5.75 Å². The number of phenols is 1. The lowest BCUT2D eigenvalue weighted by atomic mass is 9.97. The van der Waals surface area contributed by atoms with Gasteiger partial charge >= 0.3 is 0 Å². The van der Waals surface area contributed by atoms with Crippen molar-refractivity contribution in [1.82, 2.24) is 0 Å². The van der Waals surface area contributed by atoms with Gasteiger partial charge in [0.1, 0.15) is 5.75 Å². The van der Waals surface area contributed by atoms with Crippen LogP contribution in [0.3, 0.4) is 0 Å². The van der Waals surface area contributed by atoms with Gasteiger partial charge in [-0.1, -0.05) is 6.07 Å². The minimum atomic E-state index is -0.211. The predicted octanol–water partition coefficient (Wildman–Crippen LogP) is 2.81. The van der Waals surface area contributed by atoms with Gasteiger partial charge in [0.2, 0.25) is 0 Å². The largest absolute Gasteiger partial charge is 0.508 e. The maximum absolute atomic E-state index is 10.1. The maximum Gasteiger partial charge on any atom is 0.122 e. The fourth-order valence-electron chi connectivity index (χ4n) is 3.08. The smallest absolute Gasteiger partial charge is 0.122 e. The van der Waals surface area contributed by atoms with Gasteiger partial charge in [-0.3, -0.25) is 0 Å². The summed E-state index contributed by atoms with van der Waals surface area (Å²) in [6.45, 7) is 11.8. The molecule has 1 heterocycles. The molecule has 0 aromatic heterocycles. The molecule has 4 nitrogen and oxygen atoms in total. The Morgan fingerprint density at radius 3 is 2.20 bits per heavy atom. The third kappa shape index (κ3) is 3.25. The van der Waals surface area contributed by atoms with E-state index in [2.05, 4.69) is 32.6 Å². The van der Waals surface area contributed by atoms with E-state index < -0.39 is 0 Å². The predicted molar refractivity (Wildman–Crippen MR) is 82.2 cm³/mol. The van der Waals surface area contributed by atoms with E-state index in [1.54, 1.807) is 6.07 Å². The van der Waals surface area contributed by atoms with Crippen LogP contribution in [-0.2, 0) is 4.74 Å². The SMILES string of the molecule is CC(N)c1ccc(N2CC(C)(C)OC(C)(C)C2)cc1O. The van der Waals surface area contributed by atoms with Crippen molar-refractivity contribution in [1.29, 1.82) is 0 Å². The molecule has 0 spiro atoms. The number of ether oxygens (including phenoxy) is 1. The molecule has 112 valence electrons. The molecule has 0 aliphatic carbocycles. The molecule has 20 heavy (non-hydrogen) atoms. The quantitative estimate of drug-likeness (QED) is 0.873. The number of rotatable bonds is 2. The van der Waals surface area contributed by atoms with E-state index in [9.17, 15) is 5.11 Å². The summed E-state index contributed by atoms with van der Waals surface area (Å²) in [6.07, 6.45) is 0. The molecule has 0 amide bonds. The van der Waals surface area contributed by atoms with Gasteiger partial charge in [0.25, 0.3) is 0 Å². The number of phenolic OH excluding ortho intramolecular Hbond substituents is 1. The highest BCUT2D eigenvalue weighted by Gasteiger charge is 2.38. The highest BCUT2D eigenvalue weighted by atomic mass is 16.5. The molecular formula is C16H26N2O2. The maximum atomic E-state index is 10.1. The van der Waals surface area contributed by atoms with Crippen molar-refractivity contribution < 1.29 is 9.84 Å². The first-order valence-electron chi connectivity index (χ1n) is 7.13. The Morgan fingerprint density at radius 1 is 1.20 bits per heavy atom. The number of nitrogens with zero attached hydrogens (tertiary/aromatic N) is 1. The summed E-state index contributed by atoms with van der Waals surface area (Å²) in [6, 6.07) is 5.57. The Labute approximate surface area is 121 Å². The van der Waals surface area contributed by atoms with Gasteiger partial charge in [-0.25, -0.2) is 0 Å². The van der Waals surface area contributed by atoms with Crippen molar-refractivity contribution in [2.24, 2.45) is 5.73 Å². The first-order chi connectivity index (χ1) is 9.10. The van der Waals surface area contributed by atoms with Crippen molar-refractivity contribution in [3.8, 4) is 5.75 Å². The Bertz CT molecular complexity index is 479. The molecule has 1 atom stereocenters. The van der Waals surface area contributed by atoms with E-state index >= 15 is 0 Å². The molecule has 1 aromatic rings. The summed E-state index contributed by atoms with van der Waals surface area (Å²) < 4.78 is 6.08. The average molecular weight is 278 g/mol. The van der Waals surface area contributed by atoms with Gasteiger partial charge in [-0.2, -0.15) is 0 Å². The molecule has 1 unspecified atom stereocenters. The number of hydrogen-bond acceptors (Lipinski definition) is 4. The number of benzene rings is 1. The third-order valence-corrected chi connectivity index (χ3v) is 3.57. The zero-order valence-corrected chi connectivity index (χ0v) is 13.1. The van der Waals surface area contributed by atoms with Gasteiger partial charge in [0.05, 0.1) is 11.2 Å². The molecule has 1 aromatic carbocycles. The summed E-state index contributed by atoms with van der Waals surface area (Å²) in [5, 5.41) is 10.1. The van der Waals surface area contributed by atoms with Crippen LogP contribution in [0.1, 0.15) is 46.2 Å². The highest BCUT2D eigenvalue weighted by Crippen LogP contribution is 2.34. The monoisotopic (exact) mass is 278 g/mol. The third-order valence-electron chi connectivity index (χ3n) is 3.57.